The number of carbonyl (C=O) groups excluding carboxylic acids is 1. The summed E-state index contributed by atoms with van der Waals surface area (Å²) < 4.78 is 11.8. The number of ether oxygens (including phenoxy) is 2. The van der Waals surface area contributed by atoms with Crippen LogP contribution in [0.2, 0.25) is 0 Å². The van der Waals surface area contributed by atoms with E-state index in [-0.39, 0.29) is 11.8 Å². The van der Waals surface area contributed by atoms with Gasteiger partial charge in [-0.15, -0.1) is 0 Å². The average molecular weight is 465 g/mol. The number of benzene rings is 2. The van der Waals surface area contributed by atoms with Crippen LogP contribution < -0.4 is 15.0 Å². The second-order valence-corrected chi connectivity index (χ2v) is 9.95. The highest BCUT2D eigenvalue weighted by atomic mass is 16.5. The van der Waals surface area contributed by atoms with Gasteiger partial charge in [-0.3, -0.25) is 14.9 Å². The number of hydrogen-bond acceptors (Lipinski definition) is 5. The Kier molecular flexibility index (Phi) is 7.59. The van der Waals surface area contributed by atoms with Crippen LogP contribution >= 0.6 is 0 Å². The van der Waals surface area contributed by atoms with Crippen LogP contribution in [0.3, 0.4) is 0 Å². The molecular formula is C28H36N2O4. The smallest absolute Gasteiger partial charge is 0.249 e. The van der Waals surface area contributed by atoms with Gasteiger partial charge in [-0.2, -0.15) is 0 Å². The van der Waals surface area contributed by atoms with Crippen molar-refractivity contribution in [3.05, 3.63) is 64.2 Å². The highest BCUT2D eigenvalue weighted by Crippen LogP contribution is 2.35. The lowest BCUT2D eigenvalue weighted by Gasteiger charge is -2.39. The summed E-state index contributed by atoms with van der Waals surface area (Å²) in [5, 5.41) is 8.78. The number of hydrogen-bond donors (Lipinski definition) is 2. The van der Waals surface area contributed by atoms with E-state index in [0.717, 1.165) is 42.9 Å². The number of rotatable bonds is 9. The summed E-state index contributed by atoms with van der Waals surface area (Å²) in [6.45, 7) is 9.38. The Bertz CT molecular complexity index is 1070. The standard InChI is InChI=1S/C28H36N2O4/c1-18(2)11-20-5-6-23(27(12-20)33-4)17-34-25-9-10-26-19(3)22(8-7-21(26)13-25)14-30-15-24(16-30)28(31)29-32/h5-6,9-10,12-13,18,24,32H,7-8,11,14-17H2,1-4H3,(H,29,31). The molecule has 182 valence electrons. The molecule has 0 radical (unpaired) electrons. The Morgan fingerprint density at radius 1 is 1.18 bits per heavy atom. The first kappa shape index (κ1) is 24.3. The molecule has 6 nitrogen and oxygen atoms in total. The second-order valence-electron chi connectivity index (χ2n) is 9.95. The number of nitrogens with zero attached hydrogens (tertiary/aromatic N) is 1. The van der Waals surface area contributed by atoms with Gasteiger partial charge in [-0.1, -0.05) is 37.6 Å². The van der Waals surface area contributed by atoms with Crippen molar-refractivity contribution in [1.29, 1.82) is 0 Å². The van der Waals surface area contributed by atoms with Crippen molar-refractivity contribution >= 4 is 11.5 Å². The highest BCUT2D eigenvalue weighted by Gasteiger charge is 2.33. The summed E-state index contributed by atoms with van der Waals surface area (Å²) in [4.78, 5) is 13.8. The van der Waals surface area contributed by atoms with Gasteiger partial charge in [0.05, 0.1) is 13.0 Å². The predicted octanol–water partition coefficient (Wildman–Crippen LogP) is 4.63. The number of hydroxylamine groups is 1. The van der Waals surface area contributed by atoms with E-state index in [1.54, 1.807) is 12.6 Å². The van der Waals surface area contributed by atoms with Crippen molar-refractivity contribution in [2.75, 3.05) is 26.7 Å². The third-order valence-corrected chi connectivity index (χ3v) is 6.95. The molecule has 4 rings (SSSR count). The third-order valence-electron chi connectivity index (χ3n) is 6.95. The van der Waals surface area contributed by atoms with Crippen LogP contribution in [0.25, 0.3) is 5.57 Å². The number of amides is 1. The molecule has 1 heterocycles. The van der Waals surface area contributed by atoms with Crippen molar-refractivity contribution in [3.63, 3.8) is 0 Å². The van der Waals surface area contributed by atoms with Crippen LogP contribution in [-0.4, -0.2) is 42.8 Å². The first-order valence-corrected chi connectivity index (χ1v) is 12.1. The lowest BCUT2D eigenvalue weighted by molar-refractivity contribution is -0.138. The maximum Gasteiger partial charge on any atom is 0.249 e. The molecule has 2 aromatic carbocycles. The topological polar surface area (TPSA) is 71.0 Å². The Balaban J connectivity index is 1.39. The molecule has 2 aliphatic rings. The zero-order valence-corrected chi connectivity index (χ0v) is 20.7. The molecular weight excluding hydrogens is 428 g/mol. The first-order valence-electron chi connectivity index (χ1n) is 12.1. The summed E-state index contributed by atoms with van der Waals surface area (Å²) in [6, 6.07) is 12.8. The quantitative estimate of drug-likeness (QED) is 0.418. The van der Waals surface area contributed by atoms with E-state index in [1.165, 1.54) is 27.8 Å². The van der Waals surface area contributed by atoms with E-state index in [1.807, 2.05) is 0 Å². The van der Waals surface area contributed by atoms with Crippen molar-refractivity contribution < 1.29 is 19.5 Å². The van der Waals surface area contributed by atoms with Crippen molar-refractivity contribution in [1.82, 2.24) is 10.4 Å². The Labute approximate surface area is 202 Å². The average Bonchev–Trinajstić information content (AvgIpc) is 2.80. The minimum Gasteiger partial charge on any atom is -0.496 e. The van der Waals surface area contributed by atoms with E-state index in [4.69, 9.17) is 14.7 Å². The van der Waals surface area contributed by atoms with Crippen LogP contribution in [0, 0.1) is 11.8 Å². The molecule has 0 atom stereocenters. The lowest BCUT2D eigenvalue weighted by Crippen LogP contribution is -2.53. The van der Waals surface area contributed by atoms with E-state index in [2.05, 4.69) is 62.1 Å². The highest BCUT2D eigenvalue weighted by molar-refractivity contribution is 5.79. The summed E-state index contributed by atoms with van der Waals surface area (Å²) in [6.07, 6.45) is 3.04. The number of methoxy groups -OCH3 is 1. The number of aryl methyl sites for hydroxylation is 1. The van der Waals surface area contributed by atoms with Gasteiger partial charge in [-0.25, -0.2) is 5.48 Å². The van der Waals surface area contributed by atoms with E-state index >= 15 is 0 Å². The van der Waals surface area contributed by atoms with Crippen LogP contribution in [0.1, 0.15) is 49.4 Å². The first-order chi connectivity index (χ1) is 16.4. The van der Waals surface area contributed by atoms with Crippen LogP contribution in [0.4, 0.5) is 0 Å². The van der Waals surface area contributed by atoms with Crippen molar-refractivity contribution in [2.24, 2.45) is 11.8 Å². The molecule has 2 aromatic rings. The van der Waals surface area contributed by atoms with Crippen molar-refractivity contribution in [2.45, 2.75) is 46.6 Å². The predicted molar refractivity (Wildman–Crippen MR) is 133 cm³/mol. The third kappa shape index (κ3) is 5.45. The van der Waals surface area contributed by atoms with E-state index < -0.39 is 0 Å². The molecule has 0 bridgehead atoms. The maximum atomic E-state index is 11.5. The molecule has 1 aliphatic carbocycles. The summed E-state index contributed by atoms with van der Waals surface area (Å²) >= 11 is 0. The second kappa shape index (κ2) is 10.6. The van der Waals surface area contributed by atoms with Crippen LogP contribution in [0.15, 0.2) is 42.0 Å². The minimum atomic E-state index is -0.285. The Morgan fingerprint density at radius 3 is 2.68 bits per heavy atom. The molecule has 34 heavy (non-hydrogen) atoms. The van der Waals surface area contributed by atoms with Crippen molar-refractivity contribution in [3.8, 4) is 11.5 Å². The zero-order chi connectivity index (χ0) is 24.2. The molecule has 0 saturated carbocycles. The zero-order valence-electron chi connectivity index (χ0n) is 20.7. The molecule has 1 saturated heterocycles. The largest absolute Gasteiger partial charge is 0.496 e. The summed E-state index contributed by atoms with van der Waals surface area (Å²) in [5.41, 5.74) is 9.45. The number of nitrogens with one attached hydrogen (secondary N) is 1. The van der Waals surface area contributed by atoms with Gasteiger partial charge in [-0.05, 0) is 72.6 Å². The van der Waals surface area contributed by atoms with Gasteiger partial charge < -0.3 is 9.47 Å². The minimum absolute atomic E-state index is 0.105. The van der Waals surface area contributed by atoms with Crippen LogP contribution in [-0.2, 0) is 24.2 Å². The normalized spacial score (nSPS) is 16.3. The molecule has 0 spiro atoms. The van der Waals surface area contributed by atoms with E-state index in [0.29, 0.717) is 25.6 Å². The fourth-order valence-electron chi connectivity index (χ4n) is 4.99. The lowest BCUT2D eigenvalue weighted by atomic mass is 9.85. The van der Waals surface area contributed by atoms with Gasteiger partial charge >= 0.3 is 0 Å². The van der Waals surface area contributed by atoms with E-state index in [9.17, 15) is 4.79 Å². The summed E-state index contributed by atoms with van der Waals surface area (Å²) in [7, 11) is 1.71. The Hall–Kier alpha value is -2.83. The van der Waals surface area contributed by atoms with Crippen LogP contribution in [0.5, 0.6) is 11.5 Å². The number of allylic oxidation sites excluding steroid dienone is 1. The van der Waals surface area contributed by atoms with Gasteiger partial charge in [0.2, 0.25) is 5.91 Å². The number of fused-ring (bicyclic) bond motifs is 1. The fraction of sp³-hybridized carbons (Fsp3) is 0.464. The maximum absolute atomic E-state index is 11.5. The van der Waals surface area contributed by atoms with Gasteiger partial charge in [0.15, 0.2) is 0 Å². The fourth-order valence-corrected chi connectivity index (χ4v) is 4.99. The number of likely N-dealkylation sites (tertiary alicyclic amines) is 1. The molecule has 6 heteroatoms. The molecule has 2 N–H and O–H groups in total. The molecule has 1 fully saturated rings. The van der Waals surface area contributed by atoms with Gasteiger partial charge in [0, 0.05) is 25.2 Å². The van der Waals surface area contributed by atoms with Gasteiger partial charge in [0.1, 0.15) is 18.1 Å². The molecule has 1 amide bonds. The number of carbonyl (C=O) groups is 1. The van der Waals surface area contributed by atoms with Gasteiger partial charge in [0.25, 0.3) is 0 Å². The SMILES string of the molecule is COc1cc(CC(C)C)ccc1COc1ccc2c(c1)CCC(CN1CC(C(=O)NO)C1)=C2C. The summed E-state index contributed by atoms with van der Waals surface area (Å²) in [5.74, 6) is 1.98. The Morgan fingerprint density at radius 2 is 1.97 bits per heavy atom. The molecule has 0 unspecified atom stereocenters. The molecule has 0 aromatic heterocycles. The molecule has 1 aliphatic heterocycles. The monoisotopic (exact) mass is 464 g/mol.